The van der Waals surface area contributed by atoms with Crippen molar-refractivity contribution in [3.63, 3.8) is 0 Å². The second-order valence-electron chi connectivity index (χ2n) is 8.70. The number of methoxy groups -OCH3 is 1. The van der Waals surface area contributed by atoms with E-state index in [1.165, 1.54) is 22.7 Å². The van der Waals surface area contributed by atoms with Crippen molar-refractivity contribution in [2.75, 3.05) is 25.6 Å². The lowest BCUT2D eigenvalue weighted by Gasteiger charge is -2.16. The van der Waals surface area contributed by atoms with Crippen molar-refractivity contribution in [1.29, 1.82) is 0 Å². The Balaban J connectivity index is 1.74. The van der Waals surface area contributed by atoms with E-state index >= 15 is 0 Å². The zero-order valence-corrected chi connectivity index (χ0v) is 19.2. The molecule has 178 valence electrons. The summed E-state index contributed by atoms with van der Waals surface area (Å²) in [6, 6.07) is 12.3. The summed E-state index contributed by atoms with van der Waals surface area (Å²) < 4.78 is 43.9. The van der Waals surface area contributed by atoms with Crippen molar-refractivity contribution in [3.8, 4) is 0 Å². The average Bonchev–Trinajstić information content (AvgIpc) is 3.19. The van der Waals surface area contributed by atoms with Crippen LogP contribution in [0.5, 0.6) is 0 Å². The molecule has 0 saturated heterocycles. The predicted molar refractivity (Wildman–Crippen MR) is 123 cm³/mol. The number of benzene rings is 2. The van der Waals surface area contributed by atoms with Gasteiger partial charge in [-0.15, -0.1) is 0 Å². The molecule has 2 aromatic carbocycles. The number of ether oxygens (including phenoxy) is 1. The third-order valence-corrected chi connectivity index (χ3v) is 5.50. The number of hydrazone groups is 1. The minimum atomic E-state index is -4.40. The van der Waals surface area contributed by atoms with E-state index in [-0.39, 0.29) is 11.9 Å². The van der Waals surface area contributed by atoms with Gasteiger partial charge < -0.3 is 10.1 Å². The molecule has 0 radical (unpaired) electrons. The minimum Gasteiger partial charge on any atom is -0.385 e. The van der Waals surface area contributed by atoms with Crippen LogP contribution in [0.3, 0.4) is 0 Å². The summed E-state index contributed by atoms with van der Waals surface area (Å²) in [4.78, 5) is 12.8. The second kappa shape index (κ2) is 10.8. The van der Waals surface area contributed by atoms with Gasteiger partial charge in [0.15, 0.2) is 0 Å². The van der Waals surface area contributed by atoms with Crippen LogP contribution in [0.4, 0.5) is 23.7 Å². The maximum Gasteiger partial charge on any atom is 0.416 e. The number of nitrogens with zero attached hydrogens (tertiary/aromatic N) is 2. The fourth-order valence-corrected chi connectivity index (χ4v) is 3.89. The average molecular weight is 462 g/mol. The number of nitrogens with one attached hydrogen (secondary N) is 1. The standard InChI is InChI=1S/C25H30F3N3O2/c1-17(2)15-18-6-12-22(13-7-18)29-24(32)31-16-20(5-4-14-33-3)23(30-31)19-8-10-21(11-9-19)25(26,27)28/h6-13,17,20H,4-5,14-16H2,1-3H3,(H,29,32). The topological polar surface area (TPSA) is 53.9 Å². The molecule has 1 heterocycles. The highest BCUT2D eigenvalue weighted by Crippen LogP contribution is 2.31. The molecule has 0 fully saturated rings. The Morgan fingerprint density at radius 3 is 2.39 bits per heavy atom. The van der Waals surface area contributed by atoms with Gasteiger partial charge in [0, 0.05) is 25.3 Å². The Kier molecular flexibility index (Phi) is 8.13. The van der Waals surface area contributed by atoms with Gasteiger partial charge in [-0.1, -0.05) is 38.1 Å². The van der Waals surface area contributed by atoms with Crippen LogP contribution in [0.15, 0.2) is 53.6 Å². The van der Waals surface area contributed by atoms with E-state index in [9.17, 15) is 18.0 Å². The Labute approximate surface area is 192 Å². The molecule has 0 aliphatic carbocycles. The van der Waals surface area contributed by atoms with Gasteiger partial charge in [0.25, 0.3) is 0 Å². The van der Waals surface area contributed by atoms with E-state index in [0.717, 1.165) is 25.0 Å². The Morgan fingerprint density at radius 2 is 1.82 bits per heavy atom. The van der Waals surface area contributed by atoms with Gasteiger partial charge in [0.05, 0.1) is 17.8 Å². The lowest BCUT2D eigenvalue weighted by atomic mass is 9.93. The van der Waals surface area contributed by atoms with Crippen LogP contribution in [-0.2, 0) is 17.3 Å². The molecule has 1 unspecified atom stereocenters. The van der Waals surface area contributed by atoms with Crippen molar-refractivity contribution < 1.29 is 22.7 Å². The molecule has 8 heteroatoms. The number of carbonyl (C=O) groups excluding carboxylic acids is 1. The van der Waals surface area contributed by atoms with Crippen LogP contribution in [0.1, 0.15) is 43.4 Å². The van der Waals surface area contributed by atoms with Gasteiger partial charge in [0.1, 0.15) is 0 Å². The first-order valence-electron chi connectivity index (χ1n) is 11.1. The third-order valence-electron chi connectivity index (χ3n) is 5.50. The molecule has 0 spiro atoms. The molecule has 2 amide bonds. The first-order chi connectivity index (χ1) is 15.7. The molecular weight excluding hydrogens is 431 g/mol. The summed E-state index contributed by atoms with van der Waals surface area (Å²) >= 11 is 0. The molecule has 5 nitrogen and oxygen atoms in total. The van der Waals surface area contributed by atoms with E-state index in [0.29, 0.717) is 42.5 Å². The van der Waals surface area contributed by atoms with Crippen molar-refractivity contribution in [3.05, 3.63) is 65.2 Å². The fraction of sp³-hybridized carbons (Fsp3) is 0.440. The lowest BCUT2D eigenvalue weighted by molar-refractivity contribution is -0.137. The van der Waals surface area contributed by atoms with E-state index in [1.54, 1.807) is 7.11 Å². The molecule has 1 aliphatic heterocycles. The number of carbonyl (C=O) groups is 1. The molecule has 1 N–H and O–H groups in total. The Hall–Kier alpha value is -2.87. The normalized spacial score (nSPS) is 16.3. The molecule has 1 aliphatic rings. The highest BCUT2D eigenvalue weighted by molar-refractivity contribution is 6.05. The quantitative estimate of drug-likeness (QED) is 0.476. The highest BCUT2D eigenvalue weighted by Gasteiger charge is 2.33. The van der Waals surface area contributed by atoms with Gasteiger partial charge in [-0.25, -0.2) is 9.80 Å². The highest BCUT2D eigenvalue weighted by atomic mass is 19.4. The fourth-order valence-electron chi connectivity index (χ4n) is 3.89. The van der Waals surface area contributed by atoms with Gasteiger partial charge in [0.2, 0.25) is 0 Å². The summed E-state index contributed by atoms with van der Waals surface area (Å²) in [7, 11) is 1.62. The summed E-state index contributed by atoms with van der Waals surface area (Å²) in [5, 5.41) is 8.69. The van der Waals surface area contributed by atoms with Crippen LogP contribution in [0.2, 0.25) is 0 Å². The van der Waals surface area contributed by atoms with Gasteiger partial charge in [-0.2, -0.15) is 18.3 Å². The number of rotatable bonds is 8. The van der Waals surface area contributed by atoms with Crippen molar-refractivity contribution in [1.82, 2.24) is 5.01 Å². The van der Waals surface area contributed by atoms with Crippen molar-refractivity contribution in [2.45, 2.75) is 39.3 Å². The molecule has 3 rings (SSSR count). The first kappa shape index (κ1) is 24.8. The van der Waals surface area contributed by atoms with Crippen LogP contribution >= 0.6 is 0 Å². The molecule has 0 aromatic heterocycles. The number of hydrogen-bond donors (Lipinski definition) is 1. The van der Waals surface area contributed by atoms with E-state index < -0.39 is 11.7 Å². The monoisotopic (exact) mass is 461 g/mol. The smallest absolute Gasteiger partial charge is 0.385 e. The first-order valence-corrected chi connectivity index (χ1v) is 11.1. The van der Waals surface area contributed by atoms with Gasteiger partial charge >= 0.3 is 12.2 Å². The zero-order valence-electron chi connectivity index (χ0n) is 19.2. The van der Waals surface area contributed by atoms with E-state index in [1.807, 2.05) is 24.3 Å². The molecule has 0 saturated carbocycles. The maximum absolute atomic E-state index is 12.9. The minimum absolute atomic E-state index is 0.0870. The summed E-state index contributed by atoms with van der Waals surface area (Å²) in [6.07, 6.45) is -1.97. The van der Waals surface area contributed by atoms with Crippen molar-refractivity contribution in [2.24, 2.45) is 16.9 Å². The van der Waals surface area contributed by atoms with E-state index in [2.05, 4.69) is 24.3 Å². The molecular formula is C25H30F3N3O2. The molecule has 2 aromatic rings. The van der Waals surface area contributed by atoms with Crippen molar-refractivity contribution >= 4 is 17.4 Å². The zero-order chi connectivity index (χ0) is 24.0. The number of anilines is 1. The number of amides is 2. The number of hydrogen-bond acceptors (Lipinski definition) is 3. The van der Waals surface area contributed by atoms with Crippen LogP contribution in [0, 0.1) is 11.8 Å². The molecule has 33 heavy (non-hydrogen) atoms. The molecule has 1 atom stereocenters. The summed E-state index contributed by atoms with van der Waals surface area (Å²) in [5.74, 6) is 0.457. The lowest BCUT2D eigenvalue weighted by Crippen LogP contribution is -2.30. The van der Waals surface area contributed by atoms with Crippen LogP contribution in [0.25, 0.3) is 0 Å². The van der Waals surface area contributed by atoms with Gasteiger partial charge in [-0.05, 0) is 60.6 Å². The SMILES string of the molecule is COCCCC1CN(C(=O)Nc2ccc(CC(C)C)cc2)N=C1c1ccc(C(F)(F)F)cc1. The van der Waals surface area contributed by atoms with Gasteiger partial charge in [-0.3, -0.25) is 0 Å². The van der Waals surface area contributed by atoms with Crippen LogP contribution in [-0.4, -0.2) is 37.0 Å². The Morgan fingerprint density at radius 1 is 1.15 bits per heavy atom. The van der Waals surface area contributed by atoms with E-state index in [4.69, 9.17) is 4.74 Å². The summed E-state index contributed by atoms with van der Waals surface area (Å²) in [6.45, 7) is 5.22. The number of alkyl halides is 3. The Bertz CT molecular complexity index is 954. The second-order valence-corrected chi connectivity index (χ2v) is 8.70. The summed E-state index contributed by atoms with van der Waals surface area (Å²) in [5.41, 5.74) is 2.35. The third kappa shape index (κ3) is 6.81. The predicted octanol–water partition coefficient (Wildman–Crippen LogP) is 6.20. The molecule has 0 bridgehead atoms. The van der Waals surface area contributed by atoms with Crippen LogP contribution < -0.4 is 5.32 Å². The number of halogens is 3. The maximum atomic E-state index is 12.9. The largest absolute Gasteiger partial charge is 0.416 e. The number of urea groups is 1.